The highest BCUT2D eigenvalue weighted by Crippen LogP contribution is 2.58. The van der Waals surface area contributed by atoms with Crippen LogP contribution in [0.15, 0.2) is 30.3 Å². The summed E-state index contributed by atoms with van der Waals surface area (Å²) in [7, 11) is 0. The summed E-state index contributed by atoms with van der Waals surface area (Å²) in [6.45, 7) is 11.5. The van der Waals surface area contributed by atoms with Gasteiger partial charge in [0, 0.05) is 0 Å². The Kier molecular flexibility index (Phi) is 4.92. The molecule has 0 amide bonds. The van der Waals surface area contributed by atoms with Crippen LogP contribution in [0, 0.1) is 17.3 Å². The first kappa shape index (κ1) is 16.1. The lowest BCUT2D eigenvalue weighted by molar-refractivity contribution is -0.0438. The van der Waals surface area contributed by atoms with E-state index in [2.05, 4.69) is 56.0 Å². The molecule has 3 rings (SSSR count). The molecule has 1 heteroatoms. The molecule has 22 heavy (non-hydrogen) atoms. The van der Waals surface area contributed by atoms with Gasteiger partial charge in [0.25, 0.3) is 0 Å². The molecule has 1 aromatic rings. The summed E-state index contributed by atoms with van der Waals surface area (Å²) in [6, 6.07) is 11.1. The van der Waals surface area contributed by atoms with Gasteiger partial charge in [0.1, 0.15) is 0 Å². The molecule has 2 aliphatic rings. The van der Waals surface area contributed by atoms with Crippen molar-refractivity contribution < 1.29 is 0 Å². The van der Waals surface area contributed by atoms with Crippen LogP contribution in [0.25, 0.3) is 0 Å². The molecule has 0 bridgehead atoms. The molecule has 2 fully saturated rings. The smallest absolute Gasteiger partial charge is 0.00159 e. The zero-order valence-corrected chi connectivity index (χ0v) is 14.7. The van der Waals surface area contributed by atoms with Crippen LogP contribution in [0.1, 0.15) is 64.4 Å². The van der Waals surface area contributed by atoms with E-state index in [1.807, 2.05) is 0 Å². The van der Waals surface area contributed by atoms with E-state index in [1.165, 1.54) is 57.3 Å². The molecular formula is C21H33N. The van der Waals surface area contributed by atoms with E-state index < -0.39 is 0 Å². The van der Waals surface area contributed by atoms with Gasteiger partial charge < -0.3 is 4.90 Å². The number of benzene rings is 1. The molecule has 0 spiro atoms. The molecule has 1 saturated carbocycles. The Bertz CT molecular complexity index is 458. The largest absolute Gasteiger partial charge is 0.303 e. The van der Waals surface area contributed by atoms with Gasteiger partial charge >= 0.3 is 0 Å². The predicted molar refractivity (Wildman–Crippen MR) is 95.1 cm³/mol. The Morgan fingerprint density at radius 2 is 1.77 bits per heavy atom. The molecule has 0 aromatic heterocycles. The van der Waals surface area contributed by atoms with E-state index >= 15 is 0 Å². The minimum atomic E-state index is 0.505. The topological polar surface area (TPSA) is 3.24 Å². The average molecular weight is 300 g/mol. The molecule has 122 valence electrons. The Morgan fingerprint density at radius 1 is 1.09 bits per heavy atom. The highest BCUT2D eigenvalue weighted by Gasteiger charge is 2.49. The maximum Gasteiger partial charge on any atom is -0.00159 e. The fourth-order valence-electron chi connectivity index (χ4n) is 4.90. The van der Waals surface area contributed by atoms with Crippen molar-refractivity contribution in [3.63, 3.8) is 0 Å². The normalized spacial score (nSPS) is 29.8. The molecule has 1 aliphatic carbocycles. The van der Waals surface area contributed by atoms with Crippen LogP contribution in [0.4, 0.5) is 0 Å². The van der Waals surface area contributed by atoms with Crippen molar-refractivity contribution in [2.24, 2.45) is 17.3 Å². The van der Waals surface area contributed by atoms with E-state index in [1.54, 1.807) is 0 Å². The minimum absolute atomic E-state index is 0.505. The number of hydrogen-bond acceptors (Lipinski definition) is 1. The molecule has 1 aliphatic heterocycles. The van der Waals surface area contributed by atoms with Crippen LogP contribution in [0.2, 0.25) is 0 Å². The monoisotopic (exact) mass is 299 g/mol. The highest BCUT2D eigenvalue weighted by atomic mass is 15.1. The van der Waals surface area contributed by atoms with E-state index in [9.17, 15) is 0 Å². The molecule has 1 saturated heterocycles. The summed E-state index contributed by atoms with van der Waals surface area (Å²) < 4.78 is 0. The lowest BCUT2D eigenvalue weighted by Crippen LogP contribution is -2.48. The van der Waals surface area contributed by atoms with Crippen molar-refractivity contribution in [3.8, 4) is 0 Å². The minimum Gasteiger partial charge on any atom is -0.303 e. The van der Waals surface area contributed by atoms with Gasteiger partial charge in [-0.1, -0.05) is 57.5 Å². The van der Waals surface area contributed by atoms with Gasteiger partial charge in [-0.15, -0.1) is 0 Å². The Balaban J connectivity index is 1.53. The SMILES string of the molecule is CC(c1ccccc1)C1CC(CCN2CCCCC2)C1(C)C. The molecular weight excluding hydrogens is 266 g/mol. The van der Waals surface area contributed by atoms with Crippen LogP contribution in [0.5, 0.6) is 0 Å². The zero-order valence-electron chi connectivity index (χ0n) is 14.7. The van der Waals surface area contributed by atoms with Crippen molar-refractivity contribution in [2.45, 2.75) is 58.8 Å². The van der Waals surface area contributed by atoms with Gasteiger partial charge in [0.15, 0.2) is 0 Å². The number of likely N-dealkylation sites (tertiary alicyclic amines) is 1. The van der Waals surface area contributed by atoms with Crippen molar-refractivity contribution in [2.75, 3.05) is 19.6 Å². The van der Waals surface area contributed by atoms with Gasteiger partial charge in [-0.25, -0.2) is 0 Å². The number of rotatable bonds is 5. The van der Waals surface area contributed by atoms with Crippen LogP contribution >= 0.6 is 0 Å². The second kappa shape index (κ2) is 6.74. The molecule has 0 N–H and O–H groups in total. The van der Waals surface area contributed by atoms with Crippen molar-refractivity contribution >= 4 is 0 Å². The maximum atomic E-state index is 2.70. The Labute approximate surface area is 137 Å². The molecule has 3 atom stereocenters. The van der Waals surface area contributed by atoms with E-state index in [0.717, 1.165) is 11.8 Å². The van der Waals surface area contributed by atoms with Crippen molar-refractivity contribution in [3.05, 3.63) is 35.9 Å². The fourth-order valence-corrected chi connectivity index (χ4v) is 4.90. The third-order valence-corrected chi connectivity index (χ3v) is 6.72. The number of nitrogens with zero attached hydrogens (tertiary/aromatic N) is 1. The number of piperidine rings is 1. The average Bonchev–Trinajstić information content (AvgIpc) is 2.55. The Hall–Kier alpha value is -0.820. The first-order valence-corrected chi connectivity index (χ1v) is 9.36. The van der Waals surface area contributed by atoms with E-state index in [0.29, 0.717) is 11.3 Å². The predicted octanol–water partition coefficient (Wildman–Crippen LogP) is 5.33. The van der Waals surface area contributed by atoms with E-state index in [-0.39, 0.29) is 0 Å². The van der Waals surface area contributed by atoms with Crippen LogP contribution in [-0.2, 0) is 0 Å². The second-order valence-corrected chi connectivity index (χ2v) is 8.25. The summed E-state index contributed by atoms with van der Waals surface area (Å²) in [5, 5.41) is 0. The summed E-state index contributed by atoms with van der Waals surface area (Å²) in [6.07, 6.45) is 7.12. The Morgan fingerprint density at radius 3 is 2.41 bits per heavy atom. The number of hydrogen-bond donors (Lipinski definition) is 0. The summed E-state index contributed by atoms with van der Waals surface area (Å²) >= 11 is 0. The lowest BCUT2D eigenvalue weighted by Gasteiger charge is -2.55. The first-order chi connectivity index (χ1) is 10.6. The molecule has 1 nitrogen and oxygen atoms in total. The van der Waals surface area contributed by atoms with Crippen LogP contribution in [-0.4, -0.2) is 24.5 Å². The molecule has 0 radical (unpaired) electrons. The third kappa shape index (κ3) is 3.25. The van der Waals surface area contributed by atoms with Gasteiger partial charge in [-0.2, -0.15) is 0 Å². The van der Waals surface area contributed by atoms with Crippen molar-refractivity contribution in [1.82, 2.24) is 4.90 Å². The lowest BCUT2D eigenvalue weighted by atomic mass is 9.50. The van der Waals surface area contributed by atoms with Crippen LogP contribution in [0.3, 0.4) is 0 Å². The standard InChI is InChI=1S/C21H33N/c1-17(18-10-6-4-7-11-18)20-16-19(21(20,2)3)12-15-22-13-8-5-9-14-22/h4,6-7,10-11,17,19-20H,5,8-9,12-16H2,1-3H3. The van der Waals surface area contributed by atoms with Gasteiger partial charge in [0.2, 0.25) is 0 Å². The summed E-state index contributed by atoms with van der Waals surface area (Å²) in [4.78, 5) is 2.70. The fraction of sp³-hybridized carbons (Fsp3) is 0.714. The quantitative estimate of drug-likeness (QED) is 0.710. The van der Waals surface area contributed by atoms with Gasteiger partial charge in [-0.05, 0) is 74.0 Å². The second-order valence-electron chi connectivity index (χ2n) is 8.25. The van der Waals surface area contributed by atoms with Gasteiger partial charge in [0.05, 0.1) is 0 Å². The molecule has 1 heterocycles. The van der Waals surface area contributed by atoms with Crippen molar-refractivity contribution in [1.29, 1.82) is 0 Å². The summed E-state index contributed by atoms with van der Waals surface area (Å²) in [5.74, 6) is 2.47. The summed E-state index contributed by atoms with van der Waals surface area (Å²) in [5.41, 5.74) is 2.03. The maximum absolute atomic E-state index is 2.70. The van der Waals surface area contributed by atoms with Crippen LogP contribution < -0.4 is 0 Å². The zero-order chi connectivity index (χ0) is 15.6. The van der Waals surface area contributed by atoms with Gasteiger partial charge in [-0.3, -0.25) is 0 Å². The molecule has 1 aromatic carbocycles. The van der Waals surface area contributed by atoms with E-state index in [4.69, 9.17) is 0 Å². The highest BCUT2D eigenvalue weighted by molar-refractivity contribution is 5.22. The molecule has 3 unspecified atom stereocenters. The third-order valence-electron chi connectivity index (χ3n) is 6.72. The first-order valence-electron chi connectivity index (χ1n) is 9.36.